The summed E-state index contributed by atoms with van der Waals surface area (Å²) in [6.07, 6.45) is 3.13. The van der Waals surface area contributed by atoms with E-state index in [0.717, 1.165) is 25.6 Å². The monoisotopic (exact) mass is 261 g/mol. The maximum absolute atomic E-state index is 4.47. The van der Waals surface area contributed by atoms with Crippen LogP contribution in [0.15, 0.2) is 24.4 Å². The highest BCUT2D eigenvalue weighted by Gasteiger charge is 2.32. The fourth-order valence-electron chi connectivity index (χ4n) is 2.88. The van der Waals surface area contributed by atoms with E-state index in [2.05, 4.69) is 55.0 Å². The van der Waals surface area contributed by atoms with Crippen LogP contribution in [0.4, 0.5) is 0 Å². The van der Waals surface area contributed by atoms with Gasteiger partial charge in [0.15, 0.2) is 0 Å². The van der Waals surface area contributed by atoms with Crippen LogP contribution in [0.2, 0.25) is 0 Å². The second kappa shape index (κ2) is 6.02. The molecule has 0 radical (unpaired) electrons. The number of nitrogens with zero attached hydrogens (tertiary/aromatic N) is 2. The summed E-state index contributed by atoms with van der Waals surface area (Å²) in [5.74, 6) is 0.735. The molecule has 2 rings (SSSR count). The number of rotatable bonds is 4. The summed E-state index contributed by atoms with van der Waals surface area (Å²) in [5.41, 5.74) is 1.37. The molecule has 1 aliphatic rings. The van der Waals surface area contributed by atoms with Gasteiger partial charge >= 0.3 is 0 Å². The molecule has 1 saturated heterocycles. The molecule has 0 saturated carbocycles. The largest absolute Gasteiger partial charge is 0.309 e. The molecule has 0 amide bonds. The van der Waals surface area contributed by atoms with Crippen molar-refractivity contribution in [2.45, 2.75) is 52.2 Å². The highest BCUT2D eigenvalue weighted by atomic mass is 15.2. The lowest BCUT2D eigenvalue weighted by atomic mass is 9.94. The Morgan fingerprint density at radius 2 is 2.21 bits per heavy atom. The standard InChI is InChI=1S/C16H27N3/c1-13(2)9-15-10-18-16(3,4)12-19(15)11-14-7-5-6-8-17-14/h5-8,13,15,18H,9-12H2,1-4H3. The molecule has 1 aliphatic heterocycles. The van der Waals surface area contributed by atoms with E-state index in [1.165, 1.54) is 12.1 Å². The Bertz CT molecular complexity index is 386. The average molecular weight is 261 g/mol. The first-order chi connectivity index (χ1) is 8.96. The summed E-state index contributed by atoms with van der Waals surface area (Å²) < 4.78 is 0. The van der Waals surface area contributed by atoms with Crippen LogP contribution in [-0.2, 0) is 6.54 Å². The van der Waals surface area contributed by atoms with Crippen molar-refractivity contribution >= 4 is 0 Å². The van der Waals surface area contributed by atoms with E-state index in [4.69, 9.17) is 0 Å². The van der Waals surface area contributed by atoms with Gasteiger partial charge in [-0.05, 0) is 38.3 Å². The van der Waals surface area contributed by atoms with Gasteiger partial charge in [-0.25, -0.2) is 0 Å². The van der Waals surface area contributed by atoms with E-state index in [1.54, 1.807) is 0 Å². The van der Waals surface area contributed by atoms with E-state index >= 15 is 0 Å². The SMILES string of the molecule is CC(C)CC1CNC(C)(C)CN1Cc1ccccn1. The zero-order valence-corrected chi connectivity index (χ0v) is 12.7. The zero-order valence-electron chi connectivity index (χ0n) is 12.7. The fraction of sp³-hybridized carbons (Fsp3) is 0.688. The Morgan fingerprint density at radius 3 is 2.84 bits per heavy atom. The first-order valence-electron chi connectivity index (χ1n) is 7.35. The van der Waals surface area contributed by atoms with Crippen LogP contribution in [0.1, 0.15) is 39.8 Å². The van der Waals surface area contributed by atoms with Crippen LogP contribution in [0.3, 0.4) is 0 Å². The third-order valence-electron chi connectivity index (χ3n) is 3.77. The van der Waals surface area contributed by atoms with Crippen molar-refractivity contribution in [1.82, 2.24) is 15.2 Å². The molecule has 0 spiro atoms. The van der Waals surface area contributed by atoms with Gasteiger partial charge in [0.25, 0.3) is 0 Å². The molecule has 2 heterocycles. The molecule has 0 aromatic carbocycles. The van der Waals surface area contributed by atoms with Gasteiger partial charge in [0.2, 0.25) is 0 Å². The van der Waals surface area contributed by atoms with Crippen LogP contribution in [0, 0.1) is 5.92 Å². The molecule has 1 unspecified atom stereocenters. The van der Waals surface area contributed by atoms with Gasteiger partial charge < -0.3 is 5.32 Å². The zero-order chi connectivity index (χ0) is 13.9. The molecule has 0 bridgehead atoms. The van der Waals surface area contributed by atoms with Crippen LogP contribution >= 0.6 is 0 Å². The van der Waals surface area contributed by atoms with Crippen LogP contribution in [0.5, 0.6) is 0 Å². The molecule has 106 valence electrons. The van der Waals surface area contributed by atoms with E-state index in [1.807, 2.05) is 12.3 Å². The van der Waals surface area contributed by atoms with Crippen molar-refractivity contribution in [2.24, 2.45) is 5.92 Å². The first-order valence-corrected chi connectivity index (χ1v) is 7.35. The van der Waals surface area contributed by atoms with Crippen molar-refractivity contribution in [3.63, 3.8) is 0 Å². The minimum Gasteiger partial charge on any atom is -0.309 e. The lowest BCUT2D eigenvalue weighted by Gasteiger charge is -2.45. The minimum atomic E-state index is 0.197. The summed E-state index contributed by atoms with van der Waals surface area (Å²) in [5, 5.41) is 3.67. The van der Waals surface area contributed by atoms with Gasteiger partial charge in [-0.15, -0.1) is 0 Å². The minimum absolute atomic E-state index is 0.197. The maximum Gasteiger partial charge on any atom is 0.0544 e. The first kappa shape index (κ1) is 14.5. The van der Waals surface area contributed by atoms with Gasteiger partial charge in [0.05, 0.1) is 5.69 Å². The van der Waals surface area contributed by atoms with Crippen LogP contribution in [0.25, 0.3) is 0 Å². The highest BCUT2D eigenvalue weighted by Crippen LogP contribution is 2.21. The molecule has 1 aromatic rings. The Morgan fingerprint density at radius 1 is 1.42 bits per heavy atom. The smallest absolute Gasteiger partial charge is 0.0544 e. The number of pyridine rings is 1. The molecule has 1 fully saturated rings. The number of hydrogen-bond donors (Lipinski definition) is 1. The van der Waals surface area contributed by atoms with Crippen molar-refractivity contribution < 1.29 is 0 Å². The Hall–Kier alpha value is -0.930. The Labute approximate surface area is 117 Å². The van der Waals surface area contributed by atoms with Crippen LogP contribution in [-0.4, -0.2) is 34.6 Å². The quantitative estimate of drug-likeness (QED) is 0.903. The predicted molar refractivity (Wildman–Crippen MR) is 80.0 cm³/mol. The molecule has 1 atom stereocenters. The number of aromatic nitrogens is 1. The van der Waals surface area contributed by atoms with Crippen molar-refractivity contribution in [3.05, 3.63) is 30.1 Å². The topological polar surface area (TPSA) is 28.2 Å². The lowest BCUT2D eigenvalue weighted by molar-refractivity contribution is 0.0749. The lowest BCUT2D eigenvalue weighted by Crippen LogP contribution is -2.61. The number of piperazine rings is 1. The fourth-order valence-corrected chi connectivity index (χ4v) is 2.88. The summed E-state index contributed by atoms with van der Waals surface area (Å²) >= 11 is 0. The Balaban J connectivity index is 2.07. The van der Waals surface area contributed by atoms with Gasteiger partial charge in [0.1, 0.15) is 0 Å². The summed E-state index contributed by atoms with van der Waals surface area (Å²) in [6.45, 7) is 12.3. The highest BCUT2D eigenvalue weighted by molar-refractivity contribution is 5.05. The van der Waals surface area contributed by atoms with Crippen molar-refractivity contribution in [3.8, 4) is 0 Å². The molecule has 3 nitrogen and oxygen atoms in total. The maximum atomic E-state index is 4.47. The van der Waals surface area contributed by atoms with Gasteiger partial charge in [-0.3, -0.25) is 9.88 Å². The molecule has 3 heteroatoms. The van der Waals surface area contributed by atoms with E-state index in [-0.39, 0.29) is 5.54 Å². The second-order valence-electron chi connectivity index (χ2n) is 6.77. The molecular weight excluding hydrogens is 234 g/mol. The van der Waals surface area contributed by atoms with Gasteiger partial charge in [-0.2, -0.15) is 0 Å². The van der Waals surface area contributed by atoms with Crippen LogP contribution < -0.4 is 5.32 Å². The average Bonchev–Trinajstić information content (AvgIpc) is 2.33. The molecule has 19 heavy (non-hydrogen) atoms. The van der Waals surface area contributed by atoms with E-state index in [9.17, 15) is 0 Å². The molecule has 1 aromatic heterocycles. The number of nitrogens with one attached hydrogen (secondary N) is 1. The van der Waals surface area contributed by atoms with Gasteiger partial charge in [0, 0.05) is 37.4 Å². The summed E-state index contributed by atoms with van der Waals surface area (Å²) in [4.78, 5) is 7.07. The molecular formula is C16H27N3. The normalized spacial score (nSPS) is 23.7. The predicted octanol–water partition coefficient (Wildman–Crippen LogP) is 2.68. The van der Waals surface area contributed by atoms with E-state index < -0.39 is 0 Å². The van der Waals surface area contributed by atoms with Crippen molar-refractivity contribution in [2.75, 3.05) is 13.1 Å². The summed E-state index contributed by atoms with van der Waals surface area (Å²) in [6, 6.07) is 6.81. The molecule has 1 N–H and O–H groups in total. The third kappa shape index (κ3) is 4.29. The number of hydrogen-bond acceptors (Lipinski definition) is 3. The Kier molecular flexibility index (Phi) is 4.58. The van der Waals surface area contributed by atoms with E-state index in [0.29, 0.717) is 6.04 Å². The van der Waals surface area contributed by atoms with Crippen molar-refractivity contribution in [1.29, 1.82) is 0 Å². The van der Waals surface area contributed by atoms with Gasteiger partial charge in [-0.1, -0.05) is 19.9 Å². The second-order valence-corrected chi connectivity index (χ2v) is 6.77. The summed E-state index contributed by atoms with van der Waals surface area (Å²) in [7, 11) is 0. The third-order valence-corrected chi connectivity index (χ3v) is 3.77. The molecule has 0 aliphatic carbocycles.